The Kier molecular flexibility index (Phi) is 5.78. The zero-order chi connectivity index (χ0) is 14.4. The van der Waals surface area contributed by atoms with Gasteiger partial charge in [0.15, 0.2) is 0 Å². The molecule has 0 saturated carbocycles. The first-order valence-corrected chi connectivity index (χ1v) is 5.95. The summed E-state index contributed by atoms with van der Waals surface area (Å²) in [5.74, 6) is -1.05. The standard InChI is InChI=1S/C12H20N2O5/c1-4-5-13(8-11(15)16)12(17)14-6-9(18-2)10(7-14)19-3/h4,9-10H,1,5-8H2,2-3H3,(H,15,16). The first kappa shape index (κ1) is 15.5. The molecule has 2 unspecified atom stereocenters. The summed E-state index contributed by atoms with van der Waals surface area (Å²) in [7, 11) is 3.12. The van der Waals surface area contributed by atoms with Gasteiger partial charge in [-0.1, -0.05) is 6.08 Å². The van der Waals surface area contributed by atoms with E-state index in [9.17, 15) is 9.59 Å². The molecule has 1 saturated heterocycles. The van der Waals surface area contributed by atoms with Crippen molar-refractivity contribution in [1.29, 1.82) is 0 Å². The Morgan fingerprint density at radius 1 is 1.37 bits per heavy atom. The number of carbonyl (C=O) groups is 2. The number of hydrogen-bond acceptors (Lipinski definition) is 4. The summed E-state index contributed by atoms with van der Waals surface area (Å²) in [6.45, 7) is 4.15. The minimum atomic E-state index is -1.05. The highest BCUT2D eigenvalue weighted by Gasteiger charge is 2.37. The summed E-state index contributed by atoms with van der Waals surface area (Å²) >= 11 is 0. The molecule has 108 valence electrons. The lowest BCUT2D eigenvalue weighted by molar-refractivity contribution is -0.137. The average molecular weight is 272 g/mol. The molecule has 2 atom stereocenters. The lowest BCUT2D eigenvalue weighted by Gasteiger charge is -2.25. The third kappa shape index (κ3) is 3.93. The molecule has 7 heteroatoms. The van der Waals surface area contributed by atoms with Crippen molar-refractivity contribution in [3.05, 3.63) is 12.7 Å². The fourth-order valence-corrected chi connectivity index (χ4v) is 2.08. The van der Waals surface area contributed by atoms with Crippen molar-refractivity contribution >= 4 is 12.0 Å². The van der Waals surface area contributed by atoms with Gasteiger partial charge in [-0.25, -0.2) is 4.79 Å². The van der Waals surface area contributed by atoms with Gasteiger partial charge < -0.3 is 24.4 Å². The third-order valence-electron chi connectivity index (χ3n) is 3.04. The van der Waals surface area contributed by atoms with Crippen molar-refractivity contribution in [3.8, 4) is 0 Å². The van der Waals surface area contributed by atoms with Gasteiger partial charge in [0.25, 0.3) is 0 Å². The van der Waals surface area contributed by atoms with Crippen LogP contribution < -0.4 is 0 Å². The second-order valence-electron chi connectivity index (χ2n) is 4.30. The zero-order valence-corrected chi connectivity index (χ0v) is 11.2. The maximum Gasteiger partial charge on any atom is 0.323 e. The van der Waals surface area contributed by atoms with Gasteiger partial charge in [0, 0.05) is 20.8 Å². The van der Waals surface area contributed by atoms with Crippen molar-refractivity contribution < 1.29 is 24.2 Å². The number of carbonyl (C=O) groups excluding carboxylic acids is 1. The van der Waals surface area contributed by atoms with E-state index < -0.39 is 5.97 Å². The van der Waals surface area contributed by atoms with Gasteiger partial charge in [-0.15, -0.1) is 6.58 Å². The molecule has 1 rings (SSSR count). The molecular weight excluding hydrogens is 252 g/mol. The van der Waals surface area contributed by atoms with Crippen molar-refractivity contribution in [1.82, 2.24) is 9.80 Å². The maximum absolute atomic E-state index is 12.2. The van der Waals surface area contributed by atoms with E-state index in [1.54, 1.807) is 14.2 Å². The lowest BCUT2D eigenvalue weighted by Crippen LogP contribution is -2.45. The van der Waals surface area contributed by atoms with Gasteiger partial charge in [-0.05, 0) is 0 Å². The molecule has 0 bridgehead atoms. The second-order valence-corrected chi connectivity index (χ2v) is 4.30. The van der Waals surface area contributed by atoms with Gasteiger partial charge in [0.05, 0.1) is 13.1 Å². The number of methoxy groups -OCH3 is 2. The van der Waals surface area contributed by atoms with Gasteiger partial charge in [0.2, 0.25) is 0 Å². The summed E-state index contributed by atoms with van der Waals surface area (Å²) in [5, 5.41) is 8.80. The van der Waals surface area contributed by atoms with Crippen LogP contribution in [-0.2, 0) is 14.3 Å². The Labute approximate surface area is 112 Å². The number of hydrogen-bond donors (Lipinski definition) is 1. The number of ether oxygens (including phenoxy) is 2. The highest BCUT2D eigenvalue weighted by molar-refractivity contribution is 5.80. The number of carboxylic acid groups (broad SMARTS) is 1. The predicted molar refractivity (Wildman–Crippen MR) is 68.0 cm³/mol. The minimum absolute atomic E-state index is 0.190. The van der Waals surface area contributed by atoms with Crippen LogP contribution in [0.5, 0.6) is 0 Å². The van der Waals surface area contributed by atoms with Crippen LogP contribution in [0, 0.1) is 0 Å². The molecule has 0 aromatic rings. The fourth-order valence-electron chi connectivity index (χ4n) is 2.08. The van der Waals surface area contributed by atoms with Crippen molar-refractivity contribution in [3.63, 3.8) is 0 Å². The topological polar surface area (TPSA) is 79.3 Å². The molecule has 0 aliphatic carbocycles. The minimum Gasteiger partial charge on any atom is -0.480 e. The summed E-state index contributed by atoms with van der Waals surface area (Å²) in [6, 6.07) is -0.344. The molecule has 1 N–H and O–H groups in total. The molecule has 1 aliphatic heterocycles. The number of likely N-dealkylation sites (tertiary alicyclic amines) is 1. The molecule has 0 spiro atoms. The van der Waals surface area contributed by atoms with E-state index in [4.69, 9.17) is 14.6 Å². The van der Waals surface area contributed by atoms with E-state index in [1.807, 2.05) is 0 Å². The summed E-state index contributed by atoms with van der Waals surface area (Å²) < 4.78 is 10.5. The van der Waals surface area contributed by atoms with E-state index >= 15 is 0 Å². The SMILES string of the molecule is C=CCN(CC(=O)O)C(=O)N1CC(OC)C(OC)C1. The molecule has 0 radical (unpaired) electrons. The maximum atomic E-state index is 12.2. The van der Waals surface area contributed by atoms with Crippen LogP contribution in [0.2, 0.25) is 0 Å². The van der Waals surface area contributed by atoms with Gasteiger partial charge in [-0.2, -0.15) is 0 Å². The van der Waals surface area contributed by atoms with Gasteiger partial charge in [0.1, 0.15) is 18.8 Å². The van der Waals surface area contributed by atoms with Crippen molar-refractivity contribution in [2.75, 3.05) is 40.4 Å². The molecule has 0 aromatic heterocycles. The Morgan fingerprint density at radius 3 is 2.26 bits per heavy atom. The molecule has 7 nitrogen and oxygen atoms in total. The monoisotopic (exact) mass is 272 g/mol. The van der Waals surface area contributed by atoms with Crippen LogP contribution in [0.3, 0.4) is 0 Å². The Bertz CT molecular complexity index is 335. The largest absolute Gasteiger partial charge is 0.480 e. The van der Waals surface area contributed by atoms with Crippen LogP contribution in [0.15, 0.2) is 12.7 Å². The first-order valence-electron chi connectivity index (χ1n) is 5.95. The number of rotatable bonds is 6. The van der Waals surface area contributed by atoms with E-state index in [-0.39, 0.29) is 31.3 Å². The molecule has 1 fully saturated rings. The number of aliphatic carboxylic acids is 1. The number of amides is 2. The molecule has 1 aliphatic rings. The number of urea groups is 1. The fraction of sp³-hybridized carbons (Fsp3) is 0.667. The first-order chi connectivity index (χ1) is 9.03. The van der Waals surface area contributed by atoms with Crippen LogP contribution in [-0.4, -0.2) is 79.5 Å². The second kappa shape index (κ2) is 7.10. The Balaban J connectivity index is 2.69. The van der Waals surface area contributed by atoms with E-state index in [0.29, 0.717) is 13.1 Å². The number of nitrogens with zero attached hydrogens (tertiary/aromatic N) is 2. The van der Waals surface area contributed by atoms with Crippen LogP contribution in [0.25, 0.3) is 0 Å². The van der Waals surface area contributed by atoms with Crippen LogP contribution >= 0.6 is 0 Å². The van der Waals surface area contributed by atoms with Crippen molar-refractivity contribution in [2.24, 2.45) is 0 Å². The van der Waals surface area contributed by atoms with E-state index in [1.165, 1.54) is 15.9 Å². The van der Waals surface area contributed by atoms with E-state index in [0.717, 1.165) is 0 Å². The summed E-state index contributed by atoms with van der Waals surface area (Å²) in [6.07, 6.45) is 1.12. The predicted octanol–water partition coefficient (Wildman–Crippen LogP) is 0.0246. The van der Waals surface area contributed by atoms with Crippen molar-refractivity contribution in [2.45, 2.75) is 12.2 Å². The lowest BCUT2D eigenvalue weighted by atomic mass is 10.3. The molecule has 0 aromatic carbocycles. The summed E-state index contributed by atoms with van der Waals surface area (Å²) in [4.78, 5) is 25.7. The number of carboxylic acids is 1. The highest BCUT2D eigenvalue weighted by Crippen LogP contribution is 2.17. The Morgan fingerprint density at radius 2 is 1.89 bits per heavy atom. The average Bonchev–Trinajstić information content (AvgIpc) is 2.80. The Hall–Kier alpha value is -1.60. The normalized spacial score (nSPS) is 22.3. The smallest absolute Gasteiger partial charge is 0.323 e. The van der Waals surface area contributed by atoms with Crippen LogP contribution in [0.4, 0.5) is 4.79 Å². The summed E-state index contributed by atoms with van der Waals surface area (Å²) in [5.41, 5.74) is 0. The zero-order valence-electron chi connectivity index (χ0n) is 11.2. The van der Waals surface area contributed by atoms with Gasteiger partial charge in [-0.3, -0.25) is 4.79 Å². The molecule has 2 amide bonds. The van der Waals surface area contributed by atoms with Gasteiger partial charge >= 0.3 is 12.0 Å². The highest BCUT2D eigenvalue weighted by atomic mass is 16.5. The molecule has 1 heterocycles. The van der Waals surface area contributed by atoms with Crippen LogP contribution in [0.1, 0.15) is 0 Å². The molecule has 19 heavy (non-hydrogen) atoms. The third-order valence-corrected chi connectivity index (χ3v) is 3.04. The molecular formula is C12H20N2O5. The van der Waals surface area contributed by atoms with E-state index in [2.05, 4.69) is 6.58 Å². The quantitative estimate of drug-likeness (QED) is 0.690.